The SMILES string of the molecule is COc1cc2c(cc1OC)C(c1cccs1)N(C(=O)CC(C)c1ccccc1)CC2. The molecule has 1 aliphatic heterocycles. The number of carbonyl (C=O) groups is 1. The molecule has 1 amide bonds. The molecule has 0 saturated heterocycles. The summed E-state index contributed by atoms with van der Waals surface area (Å²) in [6.45, 7) is 2.82. The highest BCUT2D eigenvalue weighted by Crippen LogP contribution is 2.42. The molecule has 1 aliphatic rings. The van der Waals surface area contributed by atoms with Crippen molar-refractivity contribution in [2.24, 2.45) is 0 Å². The maximum absolute atomic E-state index is 13.4. The van der Waals surface area contributed by atoms with Gasteiger partial charge < -0.3 is 14.4 Å². The van der Waals surface area contributed by atoms with E-state index in [1.165, 1.54) is 16.0 Å². The Morgan fingerprint density at radius 1 is 1.10 bits per heavy atom. The second kappa shape index (κ2) is 8.92. The lowest BCUT2D eigenvalue weighted by Gasteiger charge is -2.38. The number of methoxy groups -OCH3 is 2. The standard InChI is InChI=1S/C25H27NO3S/c1-17(18-8-5-4-6-9-18)14-24(27)26-12-11-19-15-21(28-2)22(29-3)16-20(19)25(26)23-10-7-13-30-23/h4-10,13,15-17,25H,11-12,14H2,1-3H3. The van der Waals surface area contributed by atoms with Gasteiger partial charge in [0, 0.05) is 17.8 Å². The first kappa shape index (κ1) is 20.5. The highest BCUT2D eigenvalue weighted by molar-refractivity contribution is 7.10. The number of carbonyl (C=O) groups excluding carboxylic acids is 1. The average molecular weight is 422 g/mol. The van der Waals surface area contributed by atoms with E-state index >= 15 is 0 Å². The lowest BCUT2D eigenvalue weighted by atomic mass is 9.89. The summed E-state index contributed by atoms with van der Waals surface area (Å²) in [6.07, 6.45) is 1.30. The molecular weight excluding hydrogens is 394 g/mol. The van der Waals surface area contributed by atoms with Crippen molar-refractivity contribution in [1.82, 2.24) is 4.90 Å². The topological polar surface area (TPSA) is 38.8 Å². The fraction of sp³-hybridized carbons (Fsp3) is 0.320. The van der Waals surface area contributed by atoms with Crippen molar-refractivity contribution in [3.05, 3.63) is 81.5 Å². The number of nitrogens with zero attached hydrogens (tertiary/aromatic N) is 1. The van der Waals surface area contributed by atoms with Crippen LogP contribution in [-0.4, -0.2) is 31.6 Å². The summed E-state index contributed by atoms with van der Waals surface area (Å²) in [5.74, 6) is 1.79. The van der Waals surface area contributed by atoms with Gasteiger partial charge >= 0.3 is 0 Å². The maximum Gasteiger partial charge on any atom is 0.223 e. The first-order valence-corrected chi connectivity index (χ1v) is 11.1. The normalized spacial score (nSPS) is 16.6. The lowest BCUT2D eigenvalue weighted by Crippen LogP contribution is -2.40. The third-order valence-corrected chi connectivity index (χ3v) is 6.78. The van der Waals surface area contributed by atoms with Crippen LogP contribution in [0.25, 0.3) is 0 Å². The molecule has 2 unspecified atom stereocenters. The number of hydrogen-bond donors (Lipinski definition) is 0. The quantitative estimate of drug-likeness (QED) is 0.532. The molecular formula is C25H27NO3S. The van der Waals surface area contributed by atoms with E-state index in [9.17, 15) is 4.79 Å². The molecule has 4 nitrogen and oxygen atoms in total. The van der Waals surface area contributed by atoms with E-state index in [0.717, 1.165) is 17.7 Å². The molecule has 2 heterocycles. The molecule has 0 radical (unpaired) electrons. The van der Waals surface area contributed by atoms with E-state index < -0.39 is 0 Å². The van der Waals surface area contributed by atoms with Crippen molar-refractivity contribution in [3.8, 4) is 11.5 Å². The van der Waals surface area contributed by atoms with Gasteiger partial charge in [0.05, 0.1) is 20.3 Å². The smallest absolute Gasteiger partial charge is 0.223 e. The fourth-order valence-corrected chi connectivity index (χ4v) is 5.10. The first-order valence-electron chi connectivity index (χ1n) is 10.2. The van der Waals surface area contributed by atoms with Gasteiger partial charge in [0.25, 0.3) is 0 Å². The molecule has 0 N–H and O–H groups in total. The van der Waals surface area contributed by atoms with Crippen molar-refractivity contribution in [3.63, 3.8) is 0 Å². The van der Waals surface area contributed by atoms with Crippen molar-refractivity contribution >= 4 is 17.2 Å². The number of thiophene rings is 1. The molecule has 0 spiro atoms. The van der Waals surface area contributed by atoms with Crippen LogP contribution in [0.2, 0.25) is 0 Å². The maximum atomic E-state index is 13.4. The predicted octanol–water partition coefficient (Wildman–Crippen LogP) is 5.43. The molecule has 156 valence electrons. The zero-order valence-corrected chi connectivity index (χ0v) is 18.4. The summed E-state index contributed by atoms with van der Waals surface area (Å²) in [7, 11) is 3.31. The van der Waals surface area contributed by atoms with Crippen molar-refractivity contribution in [2.45, 2.75) is 31.7 Å². The predicted molar refractivity (Wildman–Crippen MR) is 121 cm³/mol. The van der Waals surface area contributed by atoms with Gasteiger partial charge in [0.1, 0.15) is 0 Å². The van der Waals surface area contributed by atoms with Gasteiger partial charge in [-0.15, -0.1) is 11.3 Å². The molecule has 0 fully saturated rings. The van der Waals surface area contributed by atoms with Gasteiger partial charge in [0.2, 0.25) is 5.91 Å². The first-order chi connectivity index (χ1) is 14.6. The van der Waals surface area contributed by atoms with Crippen LogP contribution in [0.15, 0.2) is 60.0 Å². The molecule has 2 aromatic carbocycles. The highest BCUT2D eigenvalue weighted by atomic mass is 32.1. The molecule has 5 heteroatoms. The summed E-state index contributed by atoms with van der Waals surface area (Å²) < 4.78 is 11.1. The van der Waals surface area contributed by atoms with Crippen molar-refractivity contribution in [2.75, 3.05) is 20.8 Å². The van der Waals surface area contributed by atoms with Crippen LogP contribution in [0.3, 0.4) is 0 Å². The zero-order chi connectivity index (χ0) is 21.1. The lowest BCUT2D eigenvalue weighted by molar-refractivity contribution is -0.133. The largest absolute Gasteiger partial charge is 0.493 e. The van der Waals surface area contributed by atoms with E-state index in [2.05, 4.69) is 36.6 Å². The molecule has 4 rings (SSSR count). The molecule has 0 bridgehead atoms. The van der Waals surface area contributed by atoms with Crippen LogP contribution < -0.4 is 9.47 Å². The number of amides is 1. The van der Waals surface area contributed by atoms with Gasteiger partial charge in [-0.05, 0) is 52.6 Å². The second-order valence-corrected chi connectivity index (χ2v) is 8.66. The van der Waals surface area contributed by atoms with Gasteiger partial charge in [-0.1, -0.05) is 43.3 Å². The summed E-state index contributed by atoms with van der Waals surface area (Å²) >= 11 is 1.69. The minimum Gasteiger partial charge on any atom is -0.493 e. The Bertz CT molecular complexity index is 1000. The minimum atomic E-state index is -0.0935. The Morgan fingerprint density at radius 2 is 1.83 bits per heavy atom. The summed E-state index contributed by atoms with van der Waals surface area (Å²) in [5, 5.41) is 2.07. The van der Waals surface area contributed by atoms with E-state index in [1.807, 2.05) is 35.2 Å². The van der Waals surface area contributed by atoms with Gasteiger partial charge in [-0.3, -0.25) is 4.79 Å². The molecule has 1 aromatic heterocycles. The monoisotopic (exact) mass is 421 g/mol. The third-order valence-electron chi connectivity index (χ3n) is 5.86. The fourth-order valence-electron chi connectivity index (χ4n) is 4.25. The Balaban J connectivity index is 1.68. The van der Waals surface area contributed by atoms with E-state index in [4.69, 9.17) is 9.47 Å². The number of rotatable bonds is 6. The number of benzene rings is 2. The summed E-state index contributed by atoms with van der Waals surface area (Å²) in [5.41, 5.74) is 3.54. The van der Waals surface area contributed by atoms with Crippen LogP contribution in [0.4, 0.5) is 0 Å². The minimum absolute atomic E-state index is 0.0935. The van der Waals surface area contributed by atoms with Crippen LogP contribution >= 0.6 is 11.3 Å². The Labute approximate surface area is 182 Å². The van der Waals surface area contributed by atoms with Crippen molar-refractivity contribution in [1.29, 1.82) is 0 Å². The zero-order valence-electron chi connectivity index (χ0n) is 17.6. The van der Waals surface area contributed by atoms with Crippen LogP contribution in [-0.2, 0) is 11.2 Å². The molecule has 2 atom stereocenters. The van der Waals surface area contributed by atoms with E-state index in [-0.39, 0.29) is 17.9 Å². The molecule has 0 saturated carbocycles. The van der Waals surface area contributed by atoms with Gasteiger partial charge in [0.15, 0.2) is 11.5 Å². The van der Waals surface area contributed by atoms with Gasteiger partial charge in [-0.25, -0.2) is 0 Å². The Hall–Kier alpha value is -2.79. The molecule has 3 aromatic rings. The van der Waals surface area contributed by atoms with Crippen LogP contribution in [0.1, 0.15) is 46.9 Å². The van der Waals surface area contributed by atoms with E-state index in [1.54, 1.807) is 25.6 Å². The number of hydrogen-bond acceptors (Lipinski definition) is 4. The summed E-state index contributed by atoms with van der Waals surface area (Å²) in [4.78, 5) is 16.7. The van der Waals surface area contributed by atoms with E-state index in [0.29, 0.717) is 18.7 Å². The Kier molecular flexibility index (Phi) is 6.09. The third kappa shape index (κ3) is 3.94. The van der Waals surface area contributed by atoms with Crippen LogP contribution in [0, 0.1) is 0 Å². The molecule has 0 aliphatic carbocycles. The Morgan fingerprint density at radius 3 is 2.50 bits per heavy atom. The van der Waals surface area contributed by atoms with Gasteiger partial charge in [-0.2, -0.15) is 0 Å². The number of ether oxygens (including phenoxy) is 2. The highest BCUT2D eigenvalue weighted by Gasteiger charge is 2.34. The number of fused-ring (bicyclic) bond motifs is 1. The second-order valence-electron chi connectivity index (χ2n) is 7.68. The van der Waals surface area contributed by atoms with Crippen LogP contribution in [0.5, 0.6) is 11.5 Å². The summed E-state index contributed by atoms with van der Waals surface area (Å²) in [6, 6.07) is 18.4. The molecule has 30 heavy (non-hydrogen) atoms. The average Bonchev–Trinajstić information content (AvgIpc) is 3.32. The van der Waals surface area contributed by atoms with Crippen molar-refractivity contribution < 1.29 is 14.3 Å².